The average molecular weight is 239 g/mol. The first-order valence-electron chi connectivity index (χ1n) is 5.89. The Bertz CT molecular complexity index is 368. The summed E-state index contributed by atoms with van der Waals surface area (Å²) in [5.74, 6) is -0.231. The van der Waals surface area contributed by atoms with E-state index in [9.17, 15) is 9.50 Å². The van der Waals surface area contributed by atoms with Gasteiger partial charge in [0.05, 0.1) is 6.10 Å². The maximum absolute atomic E-state index is 12.7. The highest BCUT2D eigenvalue weighted by molar-refractivity contribution is 5.15. The van der Waals surface area contributed by atoms with Crippen molar-refractivity contribution in [2.24, 2.45) is 0 Å². The number of hydrogen-bond donors (Lipinski definition) is 2. The summed E-state index contributed by atoms with van der Waals surface area (Å²) in [6.07, 6.45) is 0.521. The van der Waals surface area contributed by atoms with Crippen molar-refractivity contribution in [2.75, 3.05) is 13.2 Å². The molecule has 1 aromatic rings. The first kappa shape index (κ1) is 12.5. The molecule has 0 saturated carbocycles. The molecule has 1 aliphatic rings. The quantitative estimate of drug-likeness (QED) is 0.835. The number of halogens is 1. The molecule has 17 heavy (non-hydrogen) atoms. The number of ether oxygens (including phenoxy) is 1. The monoisotopic (exact) mass is 239 g/mol. The third-order valence-electron chi connectivity index (χ3n) is 3.33. The van der Waals surface area contributed by atoms with Gasteiger partial charge in [-0.15, -0.1) is 0 Å². The van der Waals surface area contributed by atoms with Crippen LogP contribution in [0.3, 0.4) is 0 Å². The third-order valence-corrected chi connectivity index (χ3v) is 3.33. The lowest BCUT2D eigenvalue weighted by Crippen LogP contribution is -2.45. The number of nitrogens with one attached hydrogen (secondary N) is 1. The van der Waals surface area contributed by atoms with Crippen molar-refractivity contribution in [3.8, 4) is 0 Å². The van der Waals surface area contributed by atoms with E-state index in [2.05, 4.69) is 5.32 Å². The lowest BCUT2D eigenvalue weighted by molar-refractivity contribution is -0.0262. The molecule has 1 aromatic carbocycles. The van der Waals surface area contributed by atoms with E-state index in [1.807, 2.05) is 6.92 Å². The molecule has 2 rings (SSSR count). The third kappa shape index (κ3) is 3.03. The van der Waals surface area contributed by atoms with Gasteiger partial charge in [0.15, 0.2) is 0 Å². The molecule has 1 aliphatic heterocycles. The number of hydrogen-bond acceptors (Lipinski definition) is 3. The Hall–Kier alpha value is -0.970. The summed E-state index contributed by atoms with van der Waals surface area (Å²) in [6.45, 7) is 3.60. The predicted octanol–water partition coefficient (Wildman–Crippen LogP) is 1.46. The van der Waals surface area contributed by atoms with Gasteiger partial charge in [-0.25, -0.2) is 4.39 Å². The molecule has 2 atom stereocenters. The molecule has 1 heterocycles. The topological polar surface area (TPSA) is 41.5 Å². The molecular weight excluding hydrogens is 221 g/mol. The van der Waals surface area contributed by atoms with E-state index in [1.54, 1.807) is 12.1 Å². The zero-order valence-electron chi connectivity index (χ0n) is 9.95. The van der Waals surface area contributed by atoms with Crippen molar-refractivity contribution in [1.82, 2.24) is 5.32 Å². The normalized spacial score (nSPS) is 28.5. The summed E-state index contributed by atoms with van der Waals surface area (Å²) in [4.78, 5) is 0. The van der Waals surface area contributed by atoms with Gasteiger partial charge in [0.25, 0.3) is 0 Å². The fourth-order valence-corrected chi connectivity index (χ4v) is 2.03. The summed E-state index contributed by atoms with van der Waals surface area (Å²) < 4.78 is 18.0. The van der Waals surface area contributed by atoms with Gasteiger partial charge in [0, 0.05) is 26.1 Å². The molecular formula is C13H18FNO2. The molecule has 0 bridgehead atoms. The predicted molar refractivity (Wildman–Crippen MR) is 63.1 cm³/mol. The van der Waals surface area contributed by atoms with Crippen LogP contribution in [0.5, 0.6) is 0 Å². The highest BCUT2D eigenvalue weighted by Gasteiger charge is 2.38. The Kier molecular flexibility index (Phi) is 3.76. The van der Waals surface area contributed by atoms with Crippen LogP contribution in [0.1, 0.15) is 18.9 Å². The molecule has 4 heteroatoms. The summed E-state index contributed by atoms with van der Waals surface area (Å²) in [5, 5.41) is 13.4. The van der Waals surface area contributed by atoms with Gasteiger partial charge < -0.3 is 15.2 Å². The van der Waals surface area contributed by atoms with Crippen molar-refractivity contribution >= 4 is 0 Å². The molecule has 0 aromatic heterocycles. The van der Waals surface area contributed by atoms with E-state index in [1.165, 1.54) is 12.1 Å². The molecule has 94 valence electrons. The summed E-state index contributed by atoms with van der Waals surface area (Å²) in [5.41, 5.74) is 0.224. The molecule has 1 saturated heterocycles. The van der Waals surface area contributed by atoms with Crippen LogP contribution in [0.2, 0.25) is 0 Å². The summed E-state index contributed by atoms with van der Waals surface area (Å²) >= 11 is 0. The maximum atomic E-state index is 12.7. The van der Waals surface area contributed by atoms with Crippen LogP contribution in [-0.4, -0.2) is 30.0 Å². The molecule has 0 radical (unpaired) electrons. The minimum Gasteiger partial charge on any atom is -0.386 e. The second kappa shape index (κ2) is 5.12. The van der Waals surface area contributed by atoms with E-state index in [-0.39, 0.29) is 11.9 Å². The molecule has 2 N–H and O–H groups in total. The lowest BCUT2D eigenvalue weighted by Gasteiger charge is -2.26. The van der Waals surface area contributed by atoms with E-state index in [0.717, 1.165) is 5.56 Å². The van der Waals surface area contributed by atoms with Gasteiger partial charge >= 0.3 is 0 Å². The Labute approximate surface area is 101 Å². The van der Waals surface area contributed by atoms with Gasteiger partial charge in [-0.1, -0.05) is 12.1 Å². The first-order chi connectivity index (χ1) is 8.10. The highest BCUT2D eigenvalue weighted by Crippen LogP contribution is 2.24. The Morgan fingerprint density at radius 3 is 2.76 bits per heavy atom. The maximum Gasteiger partial charge on any atom is 0.123 e. The Morgan fingerprint density at radius 2 is 2.18 bits per heavy atom. The van der Waals surface area contributed by atoms with Gasteiger partial charge in [-0.3, -0.25) is 0 Å². The molecule has 3 nitrogen and oxygen atoms in total. The van der Waals surface area contributed by atoms with E-state index < -0.39 is 5.60 Å². The van der Waals surface area contributed by atoms with Crippen LogP contribution in [-0.2, 0) is 11.3 Å². The number of benzene rings is 1. The van der Waals surface area contributed by atoms with Gasteiger partial charge in [-0.05, 0) is 24.6 Å². The standard InChI is InChI=1S/C13H18FNO2/c1-10-13(16,6-7-17-10)9-15-8-11-2-4-12(14)5-3-11/h2-5,10,15-16H,6-9H2,1H3. The molecule has 2 unspecified atom stereocenters. The second-order valence-corrected chi connectivity index (χ2v) is 4.60. The van der Waals surface area contributed by atoms with Crippen LogP contribution < -0.4 is 5.32 Å². The highest BCUT2D eigenvalue weighted by atomic mass is 19.1. The van der Waals surface area contributed by atoms with Crippen molar-refractivity contribution in [2.45, 2.75) is 31.6 Å². The summed E-state index contributed by atoms with van der Waals surface area (Å²) in [6, 6.07) is 6.35. The number of aliphatic hydroxyl groups is 1. The van der Waals surface area contributed by atoms with Crippen LogP contribution in [0.4, 0.5) is 4.39 Å². The summed E-state index contributed by atoms with van der Waals surface area (Å²) in [7, 11) is 0. The molecule has 1 fully saturated rings. The van der Waals surface area contributed by atoms with Crippen LogP contribution in [0.15, 0.2) is 24.3 Å². The van der Waals surface area contributed by atoms with E-state index in [4.69, 9.17) is 4.74 Å². The first-order valence-corrected chi connectivity index (χ1v) is 5.89. The Balaban J connectivity index is 1.81. The van der Waals surface area contributed by atoms with Crippen molar-refractivity contribution in [1.29, 1.82) is 0 Å². The smallest absolute Gasteiger partial charge is 0.123 e. The van der Waals surface area contributed by atoms with Gasteiger partial charge in [0.1, 0.15) is 11.4 Å². The molecule has 0 spiro atoms. The van der Waals surface area contributed by atoms with Crippen molar-refractivity contribution < 1.29 is 14.2 Å². The van der Waals surface area contributed by atoms with Crippen LogP contribution in [0.25, 0.3) is 0 Å². The van der Waals surface area contributed by atoms with Gasteiger partial charge in [0.2, 0.25) is 0 Å². The van der Waals surface area contributed by atoms with Gasteiger partial charge in [-0.2, -0.15) is 0 Å². The number of rotatable bonds is 4. The van der Waals surface area contributed by atoms with E-state index >= 15 is 0 Å². The zero-order valence-corrected chi connectivity index (χ0v) is 9.95. The zero-order chi connectivity index (χ0) is 12.3. The average Bonchev–Trinajstić information content (AvgIpc) is 2.63. The van der Waals surface area contributed by atoms with Crippen molar-refractivity contribution in [3.63, 3.8) is 0 Å². The van der Waals surface area contributed by atoms with Crippen molar-refractivity contribution in [3.05, 3.63) is 35.6 Å². The fraction of sp³-hybridized carbons (Fsp3) is 0.538. The Morgan fingerprint density at radius 1 is 1.47 bits per heavy atom. The van der Waals surface area contributed by atoms with E-state index in [0.29, 0.717) is 26.1 Å². The molecule has 0 amide bonds. The minimum absolute atomic E-state index is 0.136. The SMILES string of the molecule is CC1OCCC1(O)CNCc1ccc(F)cc1. The van der Waals surface area contributed by atoms with Crippen LogP contribution in [0, 0.1) is 5.82 Å². The minimum atomic E-state index is -0.778. The fourth-order valence-electron chi connectivity index (χ4n) is 2.03. The molecule has 0 aliphatic carbocycles. The largest absolute Gasteiger partial charge is 0.386 e. The second-order valence-electron chi connectivity index (χ2n) is 4.60. The lowest BCUT2D eigenvalue weighted by atomic mass is 9.96. The van der Waals surface area contributed by atoms with Crippen LogP contribution >= 0.6 is 0 Å².